The molecule has 1 aliphatic heterocycles. The average molecular weight is 375 g/mol. The lowest BCUT2D eigenvalue weighted by atomic mass is 10.0. The van der Waals surface area contributed by atoms with Crippen molar-refractivity contribution in [2.45, 2.75) is 19.2 Å². The summed E-state index contributed by atoms with van der Waals surface area (Å²) in [5, 5.41) is 4.33. The molecule has 9 heteroatoms. The van der Waals surface area contributed by atoms with Crippen molar-refractivity contribution in [2.75, 3.05) is 19.7 Å². The number of aryl methyl sites for hydroxylation is 1. The Morgan fingerprint density at radius 3 is 2.72 bits per heavy atom. The first-order valence-corrected chi connectivity index (χ1v) is 7.83. The number of halogens is 4. The summed E-state index contributed by atoms with van der Waals surface area (Å²) in [7, 11) is 0. The maximum atomic E-state index is 12.7. The van der Waals surface area contributed by atoms with E-state index in [1.807, 2.05) is 0 Å². The molecule has 0 N–H and O–H groups in total. The molecule has 0 atom stereocenters. The molecule has 0 unspecified atom stereocenters. The summed E-state index contributed by atoms with van der Waals surface area (Å²) < 4.78 is 46.3. The van der Waals surface area contributed by atoms with Gasteiger partial charge in [0.15, 0.2) is 0 Å². The van der Waals surface area contributed by atoms with E-state index < -0.39 is 18.9 Å². The van der Waals surface area contributed by atoms with E-state index in [1.165, 1.54) is 4.90 Å². The zero-order valence-corrected chi connectivity index (χ0v) is 13.9. The molecule has 1 aromatic heterocycles. The summed E-state index contributed by atoms with van der Waals surface area (Å²) in [6.45, 7) is 0.442. The molecule has 0 bridgehead atoms. The van der Waals surface area contributed by atoms with Gasteiger partial charge in [-0.1, -0.05) is 35.0 Å². The summed E-state index contributed by atoms with van der Waals surface area (Å²) in [5.74, 6) is -0.0555. The summed E-state index contributed by atoms with van der Waals surface area (Å²) in [5.41, 5.74) is 1.12. The second kappa shape index (κ2) is 6.68. The number of hydrogen-bond acceptors (Lipinski definition) is 4. The molecule has 5 nitrogen and oxygen atoms in total. The van der Waals surface area contributed by atoms with E-state index >= 15 is 0 Å². The van der Waals surface area contributed by atoms with Crippen LogP contribution in [0, 0.1) is 6.92 Å². The SMILES string of the molecule is Cc1onc(-c2ccccc2Cl)c1C(=O)N1CC(OCC(F)(F)F)C1. The Bertz CT molecular complexity index is 785. The molecule has 1 amide bonds. The molecule has 1 aliphatic rings. The minimum atomic E-state index is -4.38. The standard InChI is InChI=1S/C16H14ClF3N2O3/c1-9-13(14(21-25-9)11-4-2-3-5-12(11)17)15(23)22-6-10(7-22)24-8-16(18,19)20/h2-5,10H,6-8H2,1H3. The van der Waals surface area contributed by atoms with Crippen LogP contribution >= 0.6 is 11.6 Å². The van der Waals surface area contributed by atoms with Gasteiger partial charge >= 0.3 is 6.18 Å². The van der Waals surface area contributed by atoms with Crippen molar-refractivity contribution in [1.29, 1.82) is 0 Å². The van der Waals surface area contributed by atoms with Crippen molar-refractivity contribution >= 4 is 17.5 Å². The van der Waals surface area contributed by atoms with Crippen LogP contribution < -0.4 is 0 Å². The van der Waals surface area contributed by atoms with Gasteiger partial charge in [-0.25, -0.2) is 0 Å². The van der Waals surface area contributed by atoms with Gasteiger partial charge in [0.1, 0.15) is 23.6 Å². The maximum Gasteiger partial charge on any atom is 0.411 e. The van der Waals surface area contributed by atoms with Crippen molar-refractivity contribution < 1.29 is 27.2 Å². The number of alkyl halides is 3. The van der Waals surface area contributed by atoms with Crippen molar-refractivity contribution in [1.82, 2.24) is 10.1 Å². The number of benzene rings is 1. The van der Waals surface area contributed by atoms with Crippen LogP contribution in [0.25, 0.3) is 11.3 Å². The van der Waals surface area contributed by atoms with Crippen molar-refractivity contribution in [3.8, 4) is 11.3 Å². The second-order valence-corrected chi connectivity index (χ2v) is 6.11. The molecular weight excluding hydrogens is 361 g/mol. The molecule has 2 heterocycles. The van der Waals surface area contributed by atoms with Gasteiger partial charge in [-0.05, 0) is 13.0 Å². The predicted molar refractivity (Wildman–Crippen MR) is 83.4 cm³/mol. The summed E-state index contributed by atoms with van der Waals surface area (Å²) in [6.07, 6.45) is -5.01. The van der Waals surface area contributed by atoms with E-state index in [0.29, 0.717) is 22.0 Å². The number of hydrogen-bond donors (Lipinski definition) is 0. The maximum absolute atomic E-state index is 12.7. The van der Waals surface area contributed by atoms with Gasteiger partial charge in [0.25, 0.3) is 5.91 Å². The molecule has 0 saturated carbocycles. The first-order chi connectivity index (χ1) is 11.8. The molecule has 1 saturated heterocycles. The van der Waals surface area contributed by atoms with Crippen LogP contribution in [0.5, 0.6) is 0 Å². The number of nitrogens with zero attached hydrogens (tertiary/aromatic N) is 2. The molecule has 2 aromatic rings. The number of ether oxygens (including phenoxy) is 1. The Morgan fingerprint density at radius 2 is 2.08 bits per heavy atom. The van der Waals surface area contributed by atoms with Crippen molar-refractivity contribution in [2.24, 2.45) is 0 Å². The quantitative estimate of drug-likeness (QED) is 0.818. The lowest BCUT2D eigenvalue weighted by Crippen LogP contribution is -2.55. The van der Waals surface area contributed by atoms with E-state index in [-0.39, 0.29) is 24.6 Å². The second-order valence-electron chi connectivity index (χ2n) is 5.70. The number of likely N-dealkylation sites (tertiary alicyclic amines) is 1. The third-order valence-electron chi connectivity index (χ3n) is 3.82. The Morgan fingerprint density at radius 1 is 1.40 bits per heavy atom. The van der Waals surface area contributed by atoms with Crippen LogP contribution in [-0.2, 0) is 4.74 Å². The smallest absolute Gasteiger partial charge is 0.365 e. The van der Waals surface area contributed by atoms with Crippen molar-refractivity contribution in [3.05, 3.63) is 40.6 Å². The predicted octanol–water partition coefficient (Wildman–Crippen LogP) is 3.71. The van der Waals surface area contributed by atoms with Gasteiger partial charge in [0.2, 0.25) is 0 Å². The Labute approximate surface area is 146 Å². The largest absolute Gasteiger partial charge is 0.411 e. The highest BCUT2D eigenvalue weighted by atomic mass is 35.5. The summed E-state index contributed by atoms with van der Waals surface area (Å²) in [6, 6.07) is 6.88. The molecular formula is C16H14ClF3N2O3. The fourth-order valence-electron chi connectivity index (χ4n) is 2.54. The van der Waals surface area contributed by atoms with Crippen LogP contribution in [0.1, 0.15) is 16.1 Å². The molecule has 0 aliphatic carbocycles. The lowest BCUT2D eigenvalue weighted by Gasteiger charge is -2.38. The summed E-state index contributed by atoms with van der Waals surface area (Å²) in [4.78, 5) is 14.1. The van der Waals surface area contributed by atoms with Crippen LogP contribution in [0.4, 0.5) is 13.2 Å². The van der Waals surface area contributed by atoms with Crippen molar-refractivity contribution in [3.63, 3.8) is 0 Å². The lowest BCUT2D eigenvalue weighted by molar-refractivity contribution is -0.196. The van der Waals surface area contributed by atoms with Crippen LogP contribution in [-0.4, -0.2) is 47.9 Å². The monoisotopic (exact) mass is 374 g/mol. The average Bonchev–Trinajstić information content (AvgIpc) is 2.86. The van der Waals surface area contributed by atoms with Crippen LogP contribution in [0.3, 0.4) is 0 Å². The first kappa shape index (κ1) is 17.8. The normalized spacial score (nSPS) is 15.3. The van der Waals surface area contributed by atoms with Gasteiger partial charge in [-0.3, -0.25) is 4.79 Å². The van der Waals surface area contributed by atoms with Gasteiger partial charge in [-0.15, -0.1) is 0 Å². The minimum Gasteiger partial charge on any atom is -0.365 e. The Kier molecular flexibility index (Phi) is 4.75. The third kappa shape index (κ3) is 3.80. The van der Waals surface area contributed by atoms with E-state index in [1.54, 1.807) is 31.2 Å². The van der Waals surface area contributed by atoms with Gasteiger partial charge < -0.3 is 14.2 Å². The number of rotatable bonds is 4. The molecule has 1 aromatic carbocycles. The number of carbonyl (C=O) groups excluding carboxylic acids is 1. The highest BCUT2D eigenvalue weighted by Crippen LogP contribution is 2.32. The highest BCUT2D eigenvalue weighted by Gasteiger charge is 2.38. The Balaban J connectivity index is 1.73. The topological polar surface area (TPSA) is 55.6 Å². The molecule has 0 spiro atoms. The van der Waals surface area contributed by atoms with Gasteiger partial charge in [0.05, 0.1) is 11.1 Å². The van der Waals surface area contributed by atoms with Crippen LogP contribution in [0.15, 0.2) is 28.8 Å². The number of aromatic nitrogens is 1. The number of amides is 1. The molecule has 1 fully saturated rings. The van der Waals surface area contributed by atoms with E-state index in [0.717, 1.165) is 0 Å². The van der Waals surface area contributed by atoms with E-state index in [9.17, 15) is 18.0 Å². The van der Waals surface area contributed by atoms with E-state index in [4.69, 9.17) is 20.9 Å². The molecule has 134 valence electrons. The zero-order chi connectivity index (χ0) is 18.2. The molecule has 25 heavy (non-hydrogen) atoms. The van der Waals surface area contributed by atoms with Crippen LogP contribution in [0.2, 0.25) is 5.02 Å². The summed E-state index contributed by atoms with van der Waals surface area (Å²) >= 11 is 6.15. The minimum absolute atomic E-state index is 0.0848. The molecule has 3 rings (SSSR count). The Hall–Kier alpha value is -2.06. The van der Waals surface area contributed by atoms with E-state index in [2.05, 4.69) is 5.16 Å². The van der Waals surface area contributed by atoms with Gasteiger partial charge in [-0.2, -0.15) is 13.2 Å². The first-order valence-electron chi connectivity index (χ1n) is 7.45. The van der Waals surface area contributed by atoms with Gasteiger partial charge in [0, 0.05) is 18.7 Å². The fourth-order valence-corrected chi connectivity index (χ4v) is 2.77. The highest BCUT2D eigenvalue weighted by molar-refractivity contribution is 6.33. The third-order valence-corrected chi connectivity index (χ3v) is 4.15. The zero-order valence-electron chi connectivity index (χ0n) is 13.1. The fraction of sp³-hybridized carbons (Fsp3) is 0.375. The number of carbonyl (C=O) groups is 1. The molecule has 0 radical (unpaired) electrons.